The van der Waals surface area contributed by atoms with Gasteiger partial charge in [0.25, 0.3) is 11.8 Å². The maximum absolute atomic E-state index is 13.0. The van der Waals surface area contributed by atoms with Crippen molar-refractivity contribution in [3.63, 3.8) is 0 Å². The fourth-order valence-corrected chi connectivity index (χ4v) is 4.58. The molecule has 2 amide bonds. The van der Waals surface area contributed by atoms with Gasteiger partial charge in [0.2, 0.25) is 0 Å². The van der Waals surface area contributed by atoms with Crippen LogP contribution in [0.5, 0.6) is 5.75 Å². The molecule has 0 unspecified atom stereocenters. The van der Waals surface area contributed by atoms with Crippen molar-refractivity contribution < 1.29 is 18.7 Å². The fraction of sp³-hybridized carbons (Fsp3) is 0.125. The molecule has 0 spiro atoms. The lowest BCUT2D eigenvalue weighted by atomic mass is 9.92. The number of ether oxygens (including phenoxy) is 1. The van der Waals surface area contributed by atoms with Crippen LogP contribution in [0.3, 0.4) is 0 Å². The van der Waals surface area contributed by atoms with E-state index in [1.165, 1.54) is 5.56 Å². The van der Waals surface area contributed by atoms with Crippen LogP contribution in [0.2, 0.25) is 0 Å². The molecule has 4 heterocycles. The molecule has 0 saturated heterocycles. The molecule has 0 atom stereocenters. The van der Waals surface area contributed by atoms with E-state index in [1.54, 1.807) is 31.7 Å². The number of furan rings is 1. The number of benzene rings is 2. The largest absolute Gasteiger partial charge is 0.497 e. The number of amides is 2. The molecule has 1 aromatic heterocycles. The molecule has 32 heavy (non-hydrogen) atoms. The summed E-state index contributed by atoms with van der Waals surface area (Å²) < 4.78 is 11.1. The third-order valence-electron chi connectivity index (χ3n) is 5.93. The first kappa shape index (κ1) is 20.1. The number of halogens is 1. The monoisotopic (exact) mass is 447 g/mol. The van der Waals surface area contributed by atoms with Crippen LogP contribution >= 0.6 is 12.4 Å². The number of nitrogens with one attached hydrogen (secondary N) is 1. The van der Waals surface area contributed by atoms with Crippen molar-refractivity contribution in [2.24, 2.45) is 4.99 Å². The molecule has 3 aliphatic rings. The van der Waals surface area contributed by atoms with E-state index in [2.05, 4.69) is 21.3 Å². The Labute approximate surface area is 189 Å². The molecule has 0 bridgehead atoms. The fourth-order valence-electron chi connectivity index (χ4n) is 4.58. The average Bonchev–Trinajstić information content (AvgIpc) is 3.44. The van der Waals surface area contributed by atoms with E-state index in [-0.39, 0.29) is 23.6 Å². The van der Waals surface area contributed by atoms with Crippen LogP contribution in [0, 0.1) is 0 Å². The van der Waals surface area contributed by atoms with Gasteiger partial charge in [0.1, 0.15) is 11.3 Å². The van der Waals surface area contributed by atoms with Gasteiger partial charge in [-0.15, -0.1) is 12.4 Å². The Morgan fingerprint density at radius 1 is 1.09 bits per heavy atom. The topological polar surface area (TPSA) is 84.1 Å². The lowest BCUT2D eigenvalue weighted by molar-refractivity contribution is -0.123. The van der Waals surface area contributed by atoms with Gasteiger partial charge in [0.15, 0.2) is 0 Å². The summed E-state index contributed by atoms with van der Waals surface area (Å²) in [5.41, 5.74) is 5.01. The quantitative estimate of drug-likeness (QED) is 0.620. The van der Waals surface area contributed by atoms with Gasteiger partial charge >= 0.3 is 0 Å². The Bertz CT molecular complexity index is 1400. The zero-order valence-corrected chi connectivity index (χ0v) is 17.9. The Balaban J connectivity index is 0.00000216. The lowest BCUT2D eigenvalue weighted by Gasteiger charge is -2.17. The van der Waals surface area contributed by atoms with Crippen molar-refractivity contribution in [1.82, 2.24) is 5.32 Å². The molecule has 7 nitrogen and oxygen atoms in total. The first-order chi connectivity index (χ1) is 15.2. The van der Waals surface area contributed by atoms with Crippen molar-refractivity contribution in [3.8, 4) is 5.75 Å². The minimum atomic E-state index is -0.480. The summed E-state index contributed by atoms with van der Waals surface area (Å²) in [5.74, 6) is -0.387. The average molecular weight is 448 g/mol. The Hall–Kier alpha value is -3.84. The number of rotatable bonds is 3. The molecule has 0 saturated carbocycles. The van der Waals surface area contributed by atoms with Crippen molar-refractivity contribution >= 4 is 52.2 Å². The molecule has 3 aromatic rings. The van der Waals surface area contributed by atoms with E-state index in [9.17, 15) is 9.59 Å². The predicted molar refractivity (Wildman–Crippen MR) is 123 cm³/mol. The maximum atomic E-state index is 13.0. The molecule has 1 N–H and O–H groups in total. The van der Waals surface area contributed by atoms with E-state index in [0.717, 1.165) is 29.6 Å². The molecular weight excluding hydrogens is 430 g/mol. The van der Waals surface area contributed by atoms with E-state index in [4.69, 9.17) is 9.15 Å². The van der Waals surface area contributed by atoms with E-state index in [1.807, 2.05) is 24.4 Å². The highest BCUT2D eigenvalue weighted by atomic mass is 35.5. The van der Waals surface area contributed by atoms with Crippen LogP contribution in [-0.2, 0) is 16.0 Å². The second-order valence-corrected chi connectivity index (χ2v) is 7.58. The second-order valence-electron chi connectivity index (χ2n) is 7.58. The Morgan fingerprint density at radius 3 is 2.78 bits per heavy atom. The van der Waals surface area contributed by atoms with E-state index < -0.39 is 11.8 Å². The van der Waals surface area contributed by atoms with Crippen LogP contribution in [0.25, 0.3) is 16.5 Å². The highest BCUT2D eigenvalue weighted by Gasteiger charge is 2.38. The van der Waals surface area contributed by atoms with Gasteiger partial charge in [-0.2, -0.15) is 0 Å². The van der Waals surface area contributed by atoms with Crippen molar-refractivity contribution in [2.45, 2.75) is 6.42 Å². The number of hydrogen-bond donors (Lipinski definition) is 1. The summed E-state index contributed by atoms with van der Waals surface area (Å²) in [6, 6.07) is 11.3. The van der Waals surface area contributed by atoms with Crippen molar-refractivity contribution in [3.05, 3.63) is 77.3 Å². The second kappa shape index (κ2) is 7.39. The SMILES string of the molecule is COc1cc(C2=C(C3=NC=CN4CCc5cccc3c54)C(=O)NC2=O)c2occc2c1.Cl. The smallest absolute Gasteiger partial charge is 0.261 e. The van der Waals surface area contributed by atoms with E-state index >= 15 is 0 Å². The third-order valence-corrected chi connectivity index (χ3v) is 5.93. The van der Waals surface area contributed by atoms with Crippen LogP contribution in [-0.4, -0.2) is 31.2 Å². The predicted octanol–water partition coefficient (Wildman–Crippen LogP) is 3.61. The molecule has 0 radical (unpaired) electrons. The molecule has 0 aliphatic carbocycles. The molecule has 3 aliphatic heterocycles. The first-order valence-corrected chi connectivity index (χ1v) is 9.95. The summed E-state index contributed by atoms with van der Waals surface area (Å²) in [6.07, 6.45) is 6.06. The normalized spacial score (nSPS) is 16.7. The number of para-hydroxylation sites is 1. The van der Waals surface area contributed by atoms with Crippen LogP contribution < -0.4 is 15.0 Å². The van der Waals surface area contributed by atoms with E-state index in [0.29, 0.717) is 22.6 Å². The number of anilines is 1. The molecular formula is C24H18ClN3O4. The summed E-state index contributed by atoms with van der Waals surface area (Å²) >= 11 is 0. The van der Waals surface area contributed by atoms with Gasteiger partial charge in [-0.3, -0.25) is 19.9 Å². The Kier molecular flexibility index (Phi) is 4.64. The van der Waals surface area contributed by atoms with Gasteiger partial charge in [-0.25, -0.2) is 0 Å². The molecule has 6 rings (SSSR count). The standard InChI is InChI=1S/C24H17N3O4.ClH/c1-30-15-11-14-6-10-31-22(14)17(12-15)18-19(24(29)26-23(18)28)20-16-4-2-3-13-5-8-27(21(13)16)9-7-25-20;/h2-4,6-7,9-12H,5,8H2,1H3,(H,26,28,29);1H. The first-order valence-electron chi connectivity index (χ1n) is 9.95. The van der Waals surface area contributed by atoms with Crippen LogP contribution in [0.4, 0.5) is 5.69 Å². The molecule has 160 valence electrons. The zero-order valence-electron chi connectivity index (χ0n) is 17.0. The third kappa shape index (κ3) is 2.78. The summed E-state index contributed by atoms with van der Waals surface area (Å²) in [5, 5.41) is 3.23. The van der Waals surface area contributed by atoms with Gasteiger partial charge in [0.05, 0.1) is 35.9 Å². The zero-order chi connectivity index (χ0) is 21.1. The van der Waals surface area contributed by atoms with Gasteiger partial charge in [-0.05, 0) is 30.2 Å². The van der Waals surface area contributed by atoms with Gasteiger partial charge in [0, 0.05) is 35.5 Å². The number of carbonyl (C=O) groups is 2. The molecule has 0 fully saturated rings. The highest BCUT2D eigenvalue weighted by molar-refractivity contribution is 6.48. The molecule has 8 heteroatoms. The van der Waals surface area contributed by atoms with Crippen molar-refractivity contribution in [2.75, 3.05) is 18.6 Å². The number of methoxy groups -OCH3 is 1. The number of fused-ring (bicyclic) bond motifs is 1. The minimum absolute atomic E-state index is 0. The number of carbonyl (C=O) groups excluding carboxylic acids is 2. The Morgan fingerprint density at radius 2 is 1.94 bits per heavy atom. The van der Waals surface area contributed by atoms with Crippen molar-refractivity contribution in [1.29, 1.82) is 0 Å². The van der Waals surface area contributed by atoms with Crippen LogP contribution in [0.1, 0.15) is 16.7 Å². The number of aliphatic imine (C=N–C) groups is 1. The summed E-state index contributed by atoms with van der Waals surface area (Å²) in [7, 11) is 1.56. The number of nitrogens with zero attached hydrogens (tertiary/aromatic N) is 2. The number of imide groups is 1. The summed E-state index contributed by atoms with van der Waals surface area (Å²) in [4.78, 5) is 32.8. The van der Waals surface area contributed by atoms with Crippen LogP contribution in [0.15, 0.2) is 70.0 Å². The maximum Gasteiger partial charge on any atom is 0.261 e. The highest BCUT2D eigenvalue weighted by Crippen LogP contribution is 2.39. The minimum Gasteiger partial charge on any atom is -0.497 e. The number of hydrogen-bond acceptors (Lipinski definition) is 6. The summed E-state index contributed by atoms with van der Waals surface area (Å²) in [6.45, 7) is 0.853. The lowest BCUT2D eigenvalue weighted by Crippen LogP contribution is -2.25. The molecule has 2 aromatic carbocycles. The van der Waals surface area contributed by atoms with Gasteiger partial charge in [-0.1, -0.05) is 18.2 Å². The van der Waals surface area contributed by atoms with Gasteiger partial charge < -0.3 is 14.1 Å².